The molecule has 0 unspecified atom stereocenters. The summed E-state index contributed by atoms with van der Waals surface area (Å²) < 4.78 is 31.2. The molecule has 9 nitrogen and oxygen atoms in total. The van der Waals surface area contributed by atoms with Crippen LogP contribution in [-0.4, -0.2) is 51.2 Å². The number of esters is 1. The van der Waals surface area contributed by atoms with E-state index in [0.717, 1.165) is 4.31 Å². The Balaban J connectivity index is 1.66. The van der Waals surface area contributed by atoms with Crippen molar-refractivity contribution in [1.82, 2.24) is 4.31 Å². The van der Waals surface area contributed by atoms with Crippen LogP contribution in [0.25, 0.3) is 0 Å². The molecule has 2 amide bonds. The molecule has 0 heterocycles. The van der Waals surface area contributed by atoms with Gasteiger partial charge in [-0.05, 0) is 48.9 Å². The number of carbonyl (C=O) groups excluding carboxylic acids is 3. The van der Waals surface area contributed by atoms with Gasteiger partial charge >= 0.3 is 5.97 Å². The maximum atomic E-state index is 12.6. The van der Waals surface area contributed by atoms with Crippen molar-refractivity contribution in [2.24, 2.45) is 0 Å². The van der Waals surface area contributed by atoms with E-state index in [-0.39, 0.29) is 21.8 Å². The summed E-state index contributed by atoms with van der Waals surface area (Å²) in [7, 11) is -0.868. The van der Waals surface area contributed by atoms with Gasteiger partial charge in [0.15, 0.2) is 6.61 Å². The Hall–Kier alpha value is -4.02. The summed E-state index contributed by atoms with van der Waals surface area (Å²) in [4.78, 5) is 37.5. The van der Waals surface area contributed by atoms with Crippen LogP contribution in [0.1, 0.15) is 26.3 Å². The maximum Gasteiger partial charge on any atom is 0.340 e. The number of rotatable bonds is 8. The van der Waals surface area contributed by atoms with E-state index in [2.05, 4.69) is 10.6 Å². The minimum absolute atomic E-state index is 0.0559. The summed E-state index contributed by atoms with van der Waals surface area (Å²) in [5.74, 6) is -1.85. The zero-order chi connectivity index (χ0) is 25.6. The fourth-order valence-electron chi connectivity index (χ4n) is 3.11. The van der Waals surface area contributed by atoms with Crippen molar-refractivity contribution >= 4 is 39.2 Å². The van der Waals surface area contributed by atoms with E-state index in [1.165, 1.54) is 26.2 Å². The summed E-state index contributed by atoms with van der Waals surface area (Å²) in [6, 6.07) is 19.3. The van der Waals surface area contributed by atoms with E-state index in [9.17, 15) is 22.8 Å². The van der Waals surface area contributed by atoms with Crippen LogP contribution in [0.5, 0.6) is 0 Å². The molecule has 0 radical (unpaired) electrons. The van der Waals surface area contributed by atoms with Gasteiger partial charge in [0.25, 0.3) is 11.8 Å². The van der Waals surface area contributed by atoms with Crippen LogP contribution < -0.4 is 10.6 Å². The van der Waals surface area contributed by atoms with E-state index in [1.54, 1.807) is 67.6 Å². The van der Waals surface area contributed by atoms with Gasteiger partial charge in [-0.1, -0.05) is 36.4 Å². The van der Waals surface area contributed by atoms with Gasteiger partial charge in [-0.15, -0.1) is 0 Å². The highest BCUT2D eigenvalue weighted by atomic mass is 32.2. The number of para-hydroxylation sites is 1. The van der Waals surface area contributed by atoms with Crippen molar-refractivity contribution in [3.63, 3.8) is 0 Å². The standard InChI is InChI=1S/C25H25N3O6S/c1-17-13-14-19(15-22(17)35(32,33)28(2)3)26-23(29)16-34-25(31)20-11-7-8-12-21(20)27-24(30)18-9-5-4-6-10-18/h4-15H,16H2,1-3H3,(H,26,29)(H,27,30). The van der Waals surface area contributed by atoms with Gasteiger partial charge in [0.1, 0.15) is 0 Å². The van der Waals surface area contributed by atoms with Crippen molar-refractivity contribution in [3.05, 3.63) is 89.5 Å². The first-order chi connectivity index (χ1) is 16.6. The number of carbonyl (C=O) groups is 3. The smallest absolute Gasteiger partial charge is 0.340 e. The molecule has 0 bridgehead atoms. The lowest BCUT2D eigenvalue weighted by Crippen LogP contribution is -2.24. The van der Waals surface area contributed by atoms with E-state index in [4.69, 9.17) is 4.74 Å². The highest BCUT2D eigenvalue weighted by Crippen LogP contribution is 2.22. The number of nitrogens with zero attached hydrogens (tertiary/aromatic N) is 1. The predicted octanol–water partition coefficient (Wildman–Crippen LogP) is 3.29. The number of hydrogen-bond donors (Lipinski definition) is 2. The quantitative estimate of drug-likeness (QED) is 0.463. The normalized spacial score (nSPS) is 11.1. The van der Waals surface area contributed by atoms with Gasteiger partial charge in [-0.2, -0.15) is 0 Å². The molecule has 3 aromatic rings. The lowest BCUT2D eigenvalue weighted by atomic mass is 10.1. The molecule has 0 aliphatic rings. The number of hydrogen-bond acceptors (Lipinski definition) is 6. The summed E-state index contributed by atoms with van der Waals surface area (Å²) in [6.07, 6.45) is 0. The number of sulfonamides is 1. The van der Waals surface area contributed by atoms with Crippen LogP contribution in [0.4, 0.5) is 11.4 Å². The van der Waals surface area contributed by atoms with Crippen molar-refractivity contribution < 1.29 is 27.5 Å². The van der Waals surface area contributed by atoms with Crippen LogP contribution in [0, 0.1) is 6.92 Å². The Morgan fingerprint density at radius 3 is 2.23 bits per heavy atom. The molecule has 2 N–H and O–H groups in total. The van der Waals surface area contributed by atoms with Crippen molar-refractivity contribution in [2.45, 2.75) is 11.8 Å². The second-order valence-corrected chi connectivity index (χ2v) is 9.88. The van der Waals surface area contributed by atoms with Crippen LogP contribution in [0.3, 0.4) is 0 Å². The Morgan fingerprint density at radius 1 is 0.886 bits per heavy atom. The first-order valence-electron chi connectivity index (χ1n) is 10.5. The lowest BCUT2D eigenvalue weighted by molar-refractivity contribution is -0.119. The van der Waals surface area contributed by atoms with Crippen molar-refractivity contribution in [3.8, 4) is 0 Å². The van der Waals surface area contributed by atoms with Gasteiger partial charge in [0.05, 0.1) is 16.1 Å². The first-order valence-corrected chi connectivity index (χ1v) is 12.0. The van der Waals surface area contributed by atoms with Crippen LogP contribution >= 0.6 is 0 Å². The zero-order valence-corrected chi connectivity index (χ0v) is 20.3. The van der Waals surface area contributed by atoms with Crippen LogP contribution in [0.15, 0.2) is 77.7 Å². The Labute approximate surface area is 203 Å². The molecule has 3 rings (SSSR count). The average molecular weight is 496 g/mol. The number of nitrogens with one attached hydrogen (secondary N) is 2. The second kappa shape index (κ2) is 10.9. The largest absolute Gasteiger partial charge is 0.452 e. The van der Waals surface area contributed by atoms with E-state index in [1.807, 2.05) is 0 Å². The molecule has 0 spiro atoms. The fraction of sp³-hybridized carbons (Fsp3) is 0.160. The third kappa shape index (κ3) is 6.31. The highest BCUT2D eigenvalue weighted by Gasteiger charge is 2.21. The Morgan fingerprint density at radius 2 is 1.54 bits per heavy atom. The number of aryl methyl sites for hydroxylation is 1. The minimum Gasteiger partial charge on any atom is -0.452 e. The zero-order valence-electron chi connectivity index (χ0n) is 19.4. The predicted molar refractivity (Wildman–Crippen MR) is 132 cm³/mol. The van der Waals surface area contributed by atoms with Gasteiger partial charge in [0.2, 0.25) is 10.0 Å². The summed E-state index contributed by atoms with van der Waals surface area (Å²) in [6.45, 7) is 1.04. The fourth-order valence-corrected chi connectivity index (χ4v) is 4.26. The summed E-state index contributed by atoms with van der Waals surface area (Å²) in [5.41, 5.74) is 1.51. The molecule has 0 saturated carbocycles. The molecule has 0 aliphatic heterocycles. The molecule has 0 atom stereocenters. The second-order valence-electron chi connectivity index (χ2n) is 7.76. The molecule has 3 aromatic carbocycles. The minimum atomic E-state index is -3.70. The van der Waals surface area contributed by atoms with Gasteiger partial charge in [-0.3, -0.25) is 9.59 Å². The number of benzene rings is 3. The molecule has 0 fully saturated rings. The molecule has 35 heavy (non-hydrogen) atoms. The molecular weight excluding hydrogens is 470 g/mol. The van der Waals surface area contributed by atoms with E-state index in [0.29, 0.717) is 11.1 Å². The SMILES string of the molecule is Cc1ccc(NC(=O)COC(=O)c2ccccc2NC(=O)c2ccccc2)cc1S(=O)(=O)N(C)C. The molecule has 10 heteroatoms. The summed E-state index contributed by atoms with van der Waals surface area (Å²) >= 11 is 0. The van der Waals surface area contributed by atoms with Gasteiger partial charge in [-0.25, -0.2) is 17.5 Å². The third-order valence-electron chi connectivity index (χ3n) is 5.00. The Bertz CT molecular complexity index is 1350. The van der Waals surface area contributed by atoms with Gasteiger partial charge < -0.3 is 15.4 Å². The van der Waals surface area contributed by atoms with Gasteiger partial charge in [0, 0.05) is 25.3 Å². The molecule has 0 aromatic heterocycles. The number of ether oxygens (including phenoxy) is 1. The average Bonchev–Trinajstić information content (AvgIpc) is 2.84. The topological polar surface area (TPSA) is 122 Å². The summed E-state index contributed by atoms with van der Waals surface area (Å²) in [5, 5.41) is 5.20. The van der Waals surface area contributed by atoms with E-state index >= 15 is 0 Å². The number of anilines is 2. The Kier molecular flexibility index (Phi) is 8.00. The lowest BCUT2D eigenvalue weighted by Gasteiger charge is -2.15. The molecule has 182 valence electrons. The molecular formula is C25H25N3O6S. The van der Waals surface area contributed by atoms with E-state index < -0.39 is 34.4 Å². The third-order valence-corrected chi connectivity index (χ3v) is 6.95. The van der Waals surface area contributed by atoms with Crippen LogP contribution in [0.2, 0.25) is 0 Å². The van der Waals surface area contributed by atoms with Crippen molar-refractivity contribution in [2.75, 3.05) is 31.3 Å². The highest BCUT2D eigenvalue weighted by molar-refractivity contribution is 7.89. The monoisotopic (exact) mass is 495 g/mol. The van der Waals surface area contributed by atoms with Crippen molar-refractivity contribution in [1.29, 1.82) is 0 Å². The molecule has 0 saturated heterocycles. The van der Waals surface area contributed by atoms with Crippen LogP contribution in [-0.2, 0) is 19.6 Å². The molecule has 0 aliphatic carbocycles. The maximum absolute atomic E-state index is 12.6. The first kappa shape index (κ1) is 25.6. The number of amides is 2.